The average Bonchev–Trinajstić information content (AvgIpc) is 3.12. The zero-order valence-corrected chi connectivity index (χ0v) is 17.0. The molecule has 156 valence electrons. The van der Waals surface area contributed by atoms with Gasteiger partial charge in [-0.15, -0.1) is 0 Å². The Kier molecular flexibility index (Phi) is 7.37. The topological polar surface area (TPSA) is 87.9 Å². The van der Waals surface area contributed by atoms with Crippen LogP contribution in [0.1, 0.15) is 28.1 Å². The van der Waals surface area contributed by atoms with Crippen molar-refractivity contribution >= 4 is 17.6 Å². The van der Waals surface area contributed by atoms with Crippen LogP contribution in [0.3, 0.4) is 0 Å². The van der Waals surface area contributed by atoms with E-state index in [1.807, 2.05) is 25.1 Å². The van der Waals surface area contributed by atoms with Gasteiger partial charge in [0.2, 0.25) is 5.91 Å². The molecule has 1 N–H and O–H groups in total. The lowest BCUT2D eigenvalue weighted by molar-refractivity contribution is -0.117. The van der Waals surface area contributed by atoms with Crippen LogP contribution < -0.4 is 5.32 Å². The average molecular weight is 400 g/mol. The molecule has 0 saturated carbocycles. The number of morpholine rings is 1. The van der Waals surface area contributed by atoms with Gasteiger partial charge in [0.15, 0.2) is 5.82 Å². The Morgan fingerprint density at radius 2 is 1.97 bits per heavy atom. The SMILES string of the molecule is Cc1cc(NC(=O)CN(CCCN2CCOCC2)C(=O)c2ccccc2C)no1. The van der Waals surface area contributed by atoms with E-state index in [-0.39, 0.29) is 18.4 Å². The van der Waals surface area contributed by atoms with Gasteiger partial charge in [-0.05, 0) is 31.9 Å². The molecule has 2 aromatic rings. The van der Waals surface area contributed by atoms with E-state index in [2.05, 4.69) is 15.4 Å². The van der Waals surface area contributed by atoms with E-state index in [1.165, 1.54) is 0 Å². The van der Waals surface area contributed by atoms with Crippen molar-refractivity contribution in [3.05, 3.63) is 47.2 Å². The van der Waals surface area contributed by atoms with Gasteiger partial charge in [0.25, 0.3) is 5.91 Å². The first-order valence-corrected chi connectivity index (χ1v) is 9.91. The second-order valence-corrected chi connectivity index (χ2v) is 7.22. The molecule has 2 heterocycles. The molecule has 0 atom stereocenters. The Balaban J connectivity index is 1.63. The van der Waals surface area contributed by atoms with Crippen molar-refractivity contribution in [2.24, 2.45) is 0 Å². The quantitative estimate of drug-likeness (QED) is 0.730. The van der Waals surface area contributed by atoms with Crippen LogP contribution in [-0.4, -0.2) is 72.7 Å². The van der Waals surface area contributed by atoms with Crippen molar-refractivity contribution in [3.8, 4) is 0 Å². The Labute approximate surface area is 170 Å². The number of hydrogen-bond donors (Lipinski definition) is 1. The molecule has 1 fully saturated rings. The van der Waals surface area contributed by atoms with Crippen LogP contribution in [-0.2, 0) is 9.53 Å². The molecule has 1 saturated heterocycles. The van der Waals surface area contributed by atoms with Crippen molar-refractivity contribution in [1.82, 2.24) is 15.0 Å². The molecule has 1 aliphatic heterocycles. The number of nitrogens with one attached hydrogen (secondary N) is 1. The Hall–Kier alpha value is -2.71. The molecule has 1 aromatic carbocycles. The highest BCUT2D eigenvalue weighted by Gasteiger charge is 2.21. The number of aryl methyl sites for hydroxylation is 2. The number of rotatable bonds is 8. The molecule has 1 aromatic heterocycles. The molecule has 0 unspecified atom stereocenters. The van der Waals surface area contributed by atoms with E-state index in [0.29, 0.717) is 23.7 Å². The summed E-state index contributed by atoms with van der Waals surface area (Å²) < 4.78 is 10.3. The van der Waals surface area contributed by atoms with Gasteiger partial charge in [0.05, 0.1) is 13.2 Å². The fourth-order valence-corrected chi connectivity index (χ4v) is 3.33. The number of nitrogens with zero attached hydrogens (tertiary/aromatic N) is 3. The standard InChI is InChI=1S/C21H28N4O4/c1-16-6-3-4-7-18(16)21(27)25(9-5-8-24-10-12-28-13-11-24)15-20(26)22-19-14-17(2)29-23-19/h3-4,6-7,14H,5,8-13,15H2,1-2H3,(H,22,23,26). The molecular weight excluding hydrogens is 372 g/mol. The number of ether oxygens (including phenoxy) is 1. The molecule has 8 heteroatoms. The first-order chi connectivity index (χ1) is 14.0. The number of carbonyl (C=O) groups excluding carboxylic acids is 2. The highest BCUT2D eigenvalue weighted by Crippen LogP contribution is 2.13. The maximum absolute atomic E-state index is 13.1. The van der Waals surface area contributed by atoms with Gasteiger partial charge in [-0.1, -0.05) is 23.4 Å². The van der Waals surface area contributed by atoms with E-state index in [0.717, 1.165) is 44.8 Å². The lowest BCUT2D eigenvalue weighted by Gasteiger charge is -2.28. The van der Waals surface area contributed by atoms with Gasteiger partial charge in [-0.25, -0.2) is 0 Å². The van der Waals surface area contributed by atoms with Crippen LogP contribution in [0.5, 0.6) is 0 Å². The van der Waals surface area contributed by atoms with E-state index in [9.17, 15) is 9.59 Å². The minimum absolute atomic E-state index is 0.0395. The molecule has 0 bridgehead atoms. The van der Waals surface area contributed by atoms with Crippen molar-refractivity contribution in [3.63, 3.8) is 0 Å². The van der Waals surface area contributed by atoms with Gasteiger partial charge in [-0.2, -0.15) is 0 Å². The van der Waals surface area contributed by atoms with E-state index in [4.69, 9.17) is 9.26 Å². The highest BCUT2D eigenvalue weighted by molar-refractivity contribution is 5.99. The third-order valence-electron chi connectivity index (χ3n) is 4.90. The lowest BCUT2D eigenvalue weighted by atomic mass is 10.1. The third kappa shape index (κ3) is 6.13. The Morgan fingerprint density at radius 1 is 1.21 bits per heavy atom. The zero-order valence-electron chi connectivity index (χ0n) is 17.0. The zero-order chi connectivity index (χ0) is 20.6. The van der Waals surface area contributed by atoms with Crippen LogP contribution >= 0.6 is 0 Å². The molecule has 0 radical (unpaired) electrons. The number of anilines is 1. The van der Waals surface area contributed by atoms with Crippen molar-refractivity contribution in [1.29, 1.82) is 0 Å². The summed E-state index contributed by atoms with van der Waals surface area (Å²) in [6.45, 7) is 8.26. The smallest absolute Gasteiger partial charge is 0.254 e. The molecule has 8 nitrogen and oxygen atoms in total. The fourth-order valence-electron chi connectivity index (χ4n) is 3.33. The number of benzene rings is 1. The maximum atomic E-state index is 13.1. The molecule has 29 heavy (non-hydrogen) atoms. The molecule has 1 aliphatic rings. The summed E-state index contributed by atoms with van der Waals surface area (Å²) in [6, 6.07) is 9.08. The second kappa shape index (κ2) is 10.2. The number of aromatic nitrogens is 1. The highest BCUT2D eigenvalue weighted by atomic mass is 16.5. The van der Waals surface area contributed by atoms with E-state index < -0.39 is 0 Å². The molecule has 3 rings (SSSR count). The first kappa shape index (κ1) is 21.0. The summed E-state index contributed by atoms with van der Waals surface area (Å²) in [7, 11) is 0. The van der Waals surface area contributed by atoms with E-state index >= 15 is 0 Å². The number of carbonyl (C=O) groups is 2. The van der Waals surface area contributed by atoms with Crippen LogP contribution in [0, 0.1) is 13.8 Å². The summed E-state index contributed by atoms with van der Waals surface area (Å²) >= 11 is 0. The van der Waals surface area contributed by atoms with E-state index in [1.54, 1.807) is 24.0 Å². The van der Waals surface area contributed by atoms with Crippen LogP contribution in [0.15, 0.2) is 34.9 Å². The van der Waals surface area contributed by atoms with Gasteiger partial charge in [0.1, 0.15) is 12.3 Å². The fraction of sp³-hybridized carbons (Fsp3) is 0.476. The third-order valence-corrected chi connectivity index (χ3v) is 4.90. The predicted molar refractivity (Wildman–Crippen MR) is 109 cm³/mol. The predicted octanol–water partition coefficient (Wildman–Crippen LogP) is 2.09. The summed E-state index contributed by atoms with van der Waals surface area (Å²) in [6.07, 6.45) is 0.786. The minimum Gasteiger partial charge on any atom is -0.379 e. The molecular formula is C21H28N4O4. The van der Waals surface area contributed by atoms with Gasteiger partial charge < -0.3 is 19.5 Å². The van der Waals surface area contributed by atoms with Crippen LogP contribution in [0.4, 0.5) is 5.82 Å². The summed E-state index contributed by atoms with van der Waals surface area (Å²) in [5.74, 6) is 0.519. The molecule has 0 spiro atoms. The largest absolute Gasteiger partial charge is 0.379 e. The van der Waals surface area contributed by atoms with Crippen molar-refractivity contribution in [2.75, 3.05) is 51.3 Å². The first-order valence-electron chi connectivity index (χ1n) is 9.91. The number of hydrogen-bond acceptors (Lipinski definition) is 6. The van der Waals surface area contributed by atoms with Crippen LogP contribution in [0.25, 0.3) is 0 Å². The number of amides is 2. The maximum Gasteiger partial charge on any atom is 0.254 e. The molecule has 2 amide bonds. The lowest BCUT2D eigenvalue weighted by Crippen LogP contribution is -2.41. The van der Waals surface area contributed by atoms with Gasteiger partial charge in [-0.3, -0.25) is 14.5 Å². The van der Waals surface area contributed by atoms with Gasteiger partial charge >= 0.3 is 0 Å². The summed E-state index contributed by atoms with van der Waals surface area (Å²) in [4.78, 5) is 29.5. The van der Waals surface area contributed by atoms with Crippen LogP contribution in [0.2, 0.25) is 0 Å². The minimum atomic E-state index is -0.299. The Bertz CT molecular complexity index is 830. The monoisotopic (exact) mass is 400 g/mol. The molecule has 0 aliphatic carbocycles. The van der Waals surface area contributed by atoms with Crippen molar-refractivity contribution in [2.45, 2.75) is 20.3 Å². The summed E-state index contributed by atoms with van der Waals surface area (Å²) in [5.41, 5.74) is 1.51. The van der Waals surface area contributed by atoms with Gasteiger partial charge in [0, 0.05) is 37.8 Å². The summed E-state index contributed by atoms with van der Waals surface area (Å²) in [5, 5.41) is 6.46. The second-order valence-electron chi connectivity index (χ2n) is 7.22. The van der Waals surface area contributed by atoms with Crippen molar-refractivity contribution < 1.29 is 18.8 Å². The Morgan fingerprint density at radius 3 is 2.66 bits per heavy atom. The normalized spacial score (nSPS) is 14.6.